The van der Waals surface area contributed by atoms with E-state index in [1.54, 1.807) is 56.3 Å². The van der Waals surface area contributed by atoms with Gasteiger partial charge in [0, 0.05) is 22.8 Å². The Morgan fingerprint density at radius 3 is 1.33 bits per heavy atom. The van der Waals surface area contributed by atoms with Gasteiger partial charge in [0.05, 0.1) is 11.1 Å². The summed E-state index contributed by atoms with van der Waals surface area (Å²) in [5, 5.41) is 0. The Bertz CT molecular complexity index is 2050. The van der Waals surface area contributed by atoms with Gasteiger partial charge in [-0.25, -0.2) is 35.1 Å². The lowest BCUT2D eigenvalue weighted by Crippen LogP contribution is -2.21. The first-order chi connectivity index (χ1) is 23.0. The zero-order valence-electron chi connectivity index (χ0n) is 25.6. The van der Waals surface area contributed by atoms with Gasteiger partial charge in [-0.1, -0.05) is 54.6 Å². The number of para-hydroxylation sites is 1. The van der Waals surface area contributed by atoms with Gasteiger partial charge in [-0.2, -0.15) is 0 Å². The number of hydrogen-bond acceptors (Lipinski definition) is 2. The van der Waals surface area contributed by atoms with Crippen LogP contribution in [0.15, 0.2) is 103 Å². The highest BCUT2D eigenvalue weighted by Crippen LogP contribution is 2.46. The lowest BCUT2D eigenvalue weighted by Gasteiger charge is -2.29. The lowest BCUT2D eigenvalue weighted by atomic mass is 9.98. The number of halogens is 8. The summed E-state index contributed by atoms with van der Waals surface area (Å²) < 4.78 is 128. The summed E-state index contributed by atoms with van der Waals surface area (Å²) in [6.45, 7) is 3.38. The molecule has 0 fully saturated rings. The van der Waals surface area contributed by atoms with Crippen molar-refractivity contribution in [1.82, 2.24) is 0 Å². The molecule has 0 saturated heterocycles. The van der Waals surface area contributed by atoms with Crippen LogP contribution in [0.2, 0.25) is 0 Å². The third kappa shape index (κ3) is 5.61. The van der Waals surface area contributed by atoms with Gasteiger partial charge < -0.3 is 9.80 Å². The number of rotatable bonds is 7. The van der Waals surface area contributed by atoms with E-state index in [0.717, 1.165) is 9.80 Å². The van der Waals surface area contributed by atoms with Crippen LogP contribution < -0.4 is 9.80 Å². The number of benzene rings is 5. The van der Waals surface area contributed by atoms with Gasteiger partial charge in [0.2, 0.25) is 0 Å². The van der Waals surface area contributed by atoms with Crippen LogP contribution in [0.4, 0.5) is 63.6 Å². The Labute approximate surface area is 271 Å². The summed E-state index contributed by atoms with van der Waals surface area (Å²) >= 11 is 0. The highest BCUT2D eigenvalue weighted by Gasteiger charge is 2.37. The Kier molecular flexibility index (Phi) is 8.83. The minimum Gasteiger partial charge on any atom is -0.305 e. The molecular formula is C38H26F8N2. The summed E-state index contributed by atoms with van der Waals surface area (Å²) in [5.74, 6) is -17.1. The average molecular weight is 663 g/mol. The lowest BCUT2D eigenvalue weighted by molar-refractivity contribution is 0.444. The average Bonchev–Trinajstić information content (AvgIpc) is 3.09. The fraction of sp³-hybridized carbons (Fsp3) is 0.105. The van der Waals surface area contributed by atoms with E-state index >= 15 is 35.1 Å². The van der Waals surface area contributed by atoms with Gasteiger partial charge in [-0.3, -0.25) is 0 Å². The minimum absolute atomic E-state index is 0.0913. The Morgan fingerprint density at radius 1 is 0.458 bits per heavy atom. The van der Waals surface area contributed by atoms with Crippen LogP contribution in [-0.2, 0) is 0 Å². The number of anilines is 5. The van der Waals surface area contributed by atoms with Crippen molar-refractivity contribution in [3.8, 4) is 11.1 Å². The Morgan fingerprint density at radius 2 is 0.896 bits per heavy atom. The normalized spacial score (nSPS) is 12.7. The molecule has 244 valence electrons. The van der Waals surface area contributed by atoms with Crippen LogP contribution in [0.5, 0.6) is 0 Å². The second-order valence-electron chi connectivity index (χ2n) is 11.3. The molecule has 0 aromatic heterocycles. The zero-order valence-corrected chi connectivity index (χ0v) is 25.6. The first-order valence-corrected chi connectivity index (χ1v) is 14.9. The molecule has 0 heterocycles. The molecule has 48 heavy (non-hydrogen) atoms. The third-order valence-electron chi connectivity index (χ3n) is 7.95. The second-order valence-corrected chi connectivity index (χ2v) is 11.3. The molecule has 0 radical (unpaired) electrons. The zero-order chi connectivity index (χ0) is 34.3. The van der Waals surface area contributed by atoms with E-state index in [1.165, 1.54) is 54.6 Å². The molecule has 0 atom stereocenters. The molecule has 0 N–H and O–H groups in total. The SMILES string of the molecule is Cc1cccc(N(C2=CCCC=C2)c2c(F)c(F)c(-c3c(F)c(F)c(N(c4ccccc4)c4cccc(C)c4)c(F)c3F)c(F)c2F)c1. The topological polar surface area (TPSA) is 6.48 Å². The molecule has 0 aliphatic heterocycles. The van der Waals surface area contributed by atoms with Crippen LogP contribution in [-0.4, -0.2) is 0 Å². The molecule has 5 aromatic carbocycles. The monoisotopic (exact) mass is 662 g/mol. The summed E-state index contributed by atoms with van der Waals surface area (Å²) in [6, 6.07) is 19.9. The molecule has 5 aromatic rings. The van der Waals surface area contributed by atoms with Crippen molar-refractivity contribution in [1.29, 1.82) is 0 Å². The van der Waals surface area contributed by atoms with E-state index in [0.29, 0.717) is 24.0 Å². The summed E-state index contributed by atoms with van der Waals surface area (Å²) in [7, 11) is 0. The van der Waals surface area contributed by atoms with Crippen molar-refractivity contribution in [2.75, 3.05) is 9.80 Å². The highest BCUT2D eigenvalue weighted by atomic mass is 19.2. The van der Waals surface area contributed by atoms with E-state index in [4.69, 9.17) is 0 Å². The molecule has 0 amide bonds. The number of hydrogen-bond donors (Lipinski definition) is 0. The van der Waals surface area contributed by atoms with Gasteiger partial charge in [0.1, 0.15) is 11.4 Å². The van der Waals surface area contributed by atoms with E-state index < -0.39 is 69.0 Å². The maximum Gasteiger partial charge on any atom is 0.186 e. The predicted molar refractivity (Wildman–Crippen MR) is 171 cm³/mol. The molecule has 6 rings (SSSR count). The van der Waals surface area contributed by atoms with E-state index in [-0.39, 0.29) is 22.8 Å². The predicted octanol–water partition coefficient (Wildman–Crippen LogP) is 11.9. The van der Waals surface area contributed by atoms with Crippen molar-refractivity contribution in [3.05, 3.63) is 160 Å². The summed E-state index contributed by atoms with van der Waals surface area (Å²) in [5.41, 5.74) is -4.55. The molecule has 10 heteroatoms. The largest absolute Gasteiger partial charge is 0.305 e. The Balaban J connectivity index is 1.59. The van der Waals surface area contributed by atoms with Crippen LogP contribution in [0, 0.1) is 60.4 Å². The fourth-order valence-corrected chi connectivity index (χ4v) is 5.76. The first-order valence-electron chi connectivity index (χ1n) is 14.9. The molecular weight excluding hydrogens is 636 g/mol. The molecule has 1 aliphatic carbocycles. The molecule has 2 nitrogen and oxygen atoms in total. The molecule has 0 unspecified atom stereocenters. The fourth-order valence-electron chi connectivity index (χ4n) is 5.76. The summed E-state index contributed by atoms with van der Waals surface area (Å²) in [6.07, 6.45) is 5.85. The van der Waals surface area contributed by atoms with E-state index in [1.807, 2.05) is 0 Å². The van der Waals surface area contributed by atoms with Crippen molar-refractivity contribution in [2.24, 2.45) is 0 Å². The Hall–Kier alpha value is -5.38. The van der Waals surface area contributed by atoms with E-state index in [2.05, 4.69) is 0 Å². The van der Waals surface area contributed by atoms with Crippen LogP contribution in [0.25, 0.3) is 11.1 Å². The number of aryl methyl sites for hydroxylation is 2. The van der Waals surface area contributed by atoms with Crippen LogP contribution in [0.1, 0.15) is 24.0 Å². The third-order valence-corrected chi connectivity index (χ3v) is 7.95. The van der Waals surface area contributed by atoms with Crippen molar-refractivity contribution in [3.63, 3.8) is 0 Å². The quantitative estimate of drug-likeness (QED) is 0.126. The first kappa shape index (κ1) is 32.6. The smallest absolute Gasteiger partial charge is 0.186 e. The van der Waals surface area contributed by atoms with Crippen molar-refractivity contribution < 1.29 is 35.1 Å². The van der Waals surface area contributed by atoms with Gasteiger partial charge in [-0.05, 0) is 80.3 Å². The standard InChI is InChI=1S/C38H26F8N2/c1-21-11-9-17-25(19-21)47(23-13-5-3-6-14-23)37-33(43)29(39)27(30(40)34(37)44)28-31(41)35(45)38(36(46)32(28)42)48(24-15-7-4-8-16-24)26-18-10-12-22(2)20-26/h3,5-7,9-20H,4,8H2,1-2H3. The van der Waals surface area contributed by atoms with Crippen LogP contribution >= 0.6 is 0 Å². The summed E-state index contributed by atoms with van der Waals surface area (Å²) in [4.78, 5) is 1.82. The van der Waals surface area contributed by atoms with Gasteiger partial charge in [0.25, 0.3) is 0 Å². The molecule has 0 spiro atoms. The number of allylic oxidation sites excluding steroid dienone is 3. The molecule has 0 bridgehead atoms. The highest BCUT2D eigenvalue weighted by molar-refractivity contribution is 5.82. The molecule has 1 aliphatic rings. The van der Waals surface area contributed by atoms with Gasteiger partial charge in [-0.15, -0.1) is 0 Å². The maximum atomic E-state index is 16.0. The van der Waals surface area contributed by atoms with Crippen molar-refractivity contribution >= 4 is 28.4 Å². The maximum absolute atomic E-state index is 16.0. The number of nitrogens with zero attached hydrogens (tertiary/aromatic N) is 2. The van der Waals surface area contributed by atoms with E-state index in [9.17, 15) is 0 Å². The van der Waals surface area contributed by atoms with Gasteiger partial charge >= 0.3 is 0 Å². The van der Waals surface area contributed by atoms with Crippen LogP contribution in [0.3, 0.4) is 0 Å². The van der Waals surface area contributed by atoms with Gasteiger partial charge in [0.15, 0.2) is 46.5 Å². The second kappa shape index (κ2) is 13.0. The van der Waals surface area contributed by atoms with Crippen molar-refractivity contribution in [2.45, 2.75) is 26.7 Å². The minimum atomic E-state index is -2.25. The molecule has 0 saturated carbocycles.